The molecule has 6 rings (SSSR count). The van der Waals surface area contributed by atoms with Gasteiger partial charge >= 0.3 is 11.9 Å². The molecule has 81 heavy (non-hydrogen) atoms. The van der Waals surface area contributed by atoms with E-state index in [0.717, 1.165) is 46.5 Å². The molecule has 11 nitrogen and oxygen atoms in total. The van der Waals surface area contributed by atoms with Crippen molar-refractivity contribution in [2.45, 2.75) is 139 Å². The quantitative estimate of drug-likeness (QED) is 0.0485. The van der Waals surface area contributed by atoms with Crippen LogP contribution in [-0.4, -0.2) is 53.9 Å². The molecule has 0 radical (unpaired) electrons. The van der Waals surface area contributed by atoms with E-state index in [2.05, 4.69) is 59.0 Å². The molecule has 0 saturated carbocycles. The first kappa shape index (κ1) is 70.0. The van der Waals surface area contributed by atoms with Crippen LogP contribution in [0.2, 0.25) is 10.0 Å². The molecule has 0 fully saturated rings. The molecule has 0 amide bonds. The number of phenolic OH excluding ortho intramolecular Hbond substituents is 1. The van der Waals surface area contributed by atoms with Gasteiger partial charge in [-0.1, -0.05) is 82.8 Å². The van der Waals surface area contributed by atoms with Crippen molar-refractivity contribution in [2.75, 3.05) is 19.8 Å². The predicted octanol–water partition coefficient (Wildman–Crippen LogP) is 18.9. The molecule has 440 valence electrons. The average Bonchev–Trinajstić information content (AvgIpc) is 3.38. The largest absolute Gasteiger partial charge is 0.508 e. The molecular weight excluding hydrogens is 1290 g/mol. The van der Waals surface area contributed by atoms with E-state index in [-0.39, 0.29) is 35.5 Å². The van der Waals surface area contributed by atoms with Crippen molar-refractivity contribution in [2.24, 2.45) is 17.8 Å². The summed E-state index contributed by atoms with van der Waals surface area (Å²) in [5.74, 6) is 5.48. The van der Waals surface area contributed by atoms with E-state index in [1.165, 1.54) is 14.7 Å². The van der Waals surface area contributed by atoms with Gasteiger partial charge in [0.1, 0.15) is 63.0 Å². The fraction of sp³-hybridized carbons (Fsp3) is 0.409. The molecule has 3 atom stereocenters. The fourth-order valence-electron chi connectivity index (χ4n) is 7.29. The van der Waals surface area contributed by atoms with Gasteiger partial charge in [0.15, 0.2) is 0 Å². The minimum Gasteiger partial charge on any atom is -0.508 e. The van der Waals surface area contributed by atoms with Gasteiger partial charge in [0, 0.05) is 25.4 Å². The highest BCUT2D eigenvalue weighted by molar-refractivity contribution is 14.1. The zero-order valence-electron chi connectivity index (χ0n) is 49.0. The van der Waals surface area contributed by atoms with Crippen LogP contribution in [0.25, 0.3) is 0 Å². The number of hydrogen-bond donors (Lipinski definition) is 1. The van der Waals surface area contributed by atoms with Gasteiger partial charge in [-0.3, -0.25) is 9.59 Å². The average molecular weight is 1380 g/mol. The maximum Gasteiger partial charge on any atom is 0.306 e. The number of aryl methyl sites for hydroxylation is 2. The Bertz CT molecular complexity index is 2770. The number of rotatable bonds is 23. The van der Waals surface area contributed by atoms with Crippen LogP contribution in [0.5, 0.6) is 46.0 Å². The molecule has 0 unspecified atom stereocenters. The Hall–Kier alpha value is -5.23. The van der Waals surface area contributed by atoms with Crippen molar-refractivity contribution in [3.8, 4) is 46.0 Å². The van der Waals surface area contributed by atoms with Crippen molar-refractivity contribution in [1.82, 2.24) is 0 Å². The highest BCUT2D eigenvalue weighted by Crippen LogP contribution is 2.33. The lowest BCUT2D eigenvalue weighted by molar-refractivity contribution is -0.157. The smallest absolute Gasteiger partial charge is 0.306 e. The topological polar surface area (TPSA) is 136 Å². The summed E-state index contributed by atoms with van der Waals surface area (Å²) < 4.78 is 41.8. The minimum absolute atomic E-state index is 0.0567. The molecule has 6 aromatic rings. The normalized spacial score (nSPS) is 12.0. The van der Waals surface area contributed by atoms with Crippen LogP contribution in [0.15, 0.2) is 133 Å². The van der Waals surface area contributed by atoms with Gasteiger partial charge in [0.2, 0.25) is 0 Å². The Balaban J connectivity index is 0.000000302. The van der Waals surface area contributed by atoms with Gasteiger partial charge in [0.25, 0.3) is 0 Å². The Morgan fingerprint density at radius 3 is 1.09 bits per heavy atom. The van der Waals surface area contributed by atoms with Crippen molar-refractivity contribution >= 4 is 86.1 Å². The van der Waals surface area contributed by atoms with Gasteiger partial charge in [-0.25, -0.2) is 0 Å². The van der Waals surface area contributed by atoms with Crippen LogP contribution in [0.4, 0.5) is 0 Å². The molecule has 15 heteroatoms. The first-order chi connectivity index (χ1) is 38.2. The molecule has 0 aliphatic carbocycles. The number of halogens is 4. The molecule has 1 N–H and O–H groups in total. The van der Waals surface area contributed by atoms with Crippen LogP contribution in [0.1, 0.15) is 126 Å². The van der Waals surface area contributed by atoms with E-state index >= 15 is 0 Å². The Morgan fingerprint density at radius 1 is 0.481 bits per heavy atom. The number of phenols is 1. The summed E-state index contributed by atoms with van der Waals surface area (Å²) in [5, 5.41) is 9.97. The van der Waals surface area contributed by atoms with Gasteiger partial charge < -0.3 is 43.1 Å². The number of carbonyl (C=O) groups is 3. The number of hydrogen-bond acceptors (Lipinski definition) is 11. The van der Waals surface area contributed by atoms with E-state index in [4.69, 9.17) is 61.5 Å². The van der Waals surface area contributed by atoms with Gasteiger partial charge in [-0.05, 0) is 245 Å². The third-order valence-corrected chi connectivity index (χ3v) is 13.0. The van der Waals surface area contributed by atoms with E-state index in [0.29, 0.717) is 77.9 Å². The number of ether oxygens (including phenoxy) is 7. The summed E-state index contributed by atoms with van der Waals surface area (Å²) in [6.07, 6.45) is 5.41. The summed E-state index contributed by atoms with van der Waals surface area (Å²) in [7, 11) is 0. The lowest BCUT2D eigenvalue weighted by atomic mass is 10.1. The summed E-state index contributed by atoms with van der Waals surface area (Å²) in [6.45, 7) is 24.5. The maximum absolute atomic E-state index is 11.9. The second kappa shape index (κ2) is 36.4. The van der Waals surface area contributed by atoms with E-state index in [1.54, 1.807) is 19.1 Å². The number of Topliss-reactive ketones (excluding diaryl/α,β-unsaturated/α-hetero) is 1. The standard InChI is InChI=1S/C24H31ClO4.C21H25ClO3.C15H21IO3.C6H5IO/c1-6-7-18-8-13-22(21(25)15-18)28-20-11-9-19(10-12-20)27-16-17(2)14-23(26)29-24(3,4)5;1-4-5-17-6-11-21(20(22)13-17)25-19-9-7-18(8-10-19)24-14-15(2)12-16(3)23;1-11(9-14(17)19-15(2,3)4)10-18-13-7-5-12(16)6-8-13;7-5-1-3-6(8)4-2-5/h8-13,15,17H,6-7,14,16H2,1-5H3;6-11,13,15H,4-5,12,14H2,1-3H3;5-8,11H,9-10H2,1-4H3;1-4,8H/t17-;15-;11-;/m111./s1. The van der Waals surface area contributed by atoms with Crippen molar-refractivity contribution in [1.29, 1.82) is 0 Å². The van der Waals surface area contributed by atoms with Gasteiger partial charge in [-0.2, -0.15) is 0 Å². The molecule has 0 saturated heterocycles. The molecule has 0 aliphatic heterocycles. The number of aromatic hydroxyl groups is 1. The first-order valence-corrected chi connectivity index (χ1v) is 30.2. The van der Waals surface area contributed by atoms with Crippen molar-refractivity contribution in [3.05, 3.63) is 162 Å². The highest BCUT2D eigenvalue weighted by Gasteiger charge is 2.20. The number of ketones is 1. The zero-order valence-corrected chi connectivity index (χ0v) is 54.9. The maximum atomic E-state index is 11.9. The third kappa shape index (κ3) is 31.7. The Morgan fingerprint density at radius 2 is 0.790 bits per heavy atom. The lowest BCUT2D eigenvalue weighted by Crippen LogP contribution is -2.26. The molecule has 0 bridgehead atoms. The van der Waals surface area contributed by atoms with Crippen molar-refractivity contribution in [3.63, 3.8) is 0 Å². The van der Waals surface area contributed by atoms with Crippen LogP contribution in [0.3, 0.4) is 0 Å². The molecule has 6 aromatic carbocycles. The third-order valence-electron chi connectivity index (χ3n) is 10.9. The first-order valence-electron chi connectivity index (χ1n) is 27.3. The van der Waals surface area contributed by atoms with E-state index < -0.39 is 11.2 Å². The molecule has 0 spiro atoms. The second-order valence-electron chi connectivity index (χ2n) is 21.8. The van der Waals surface area contributed by atoms with Gasteiger partial charge in [0.05, 0.1) is 42.7 Å². The summed E-state index contributed by atoms with van der Waals surface area (Å²) in [6, 6.07) is 41.5. The summed E-state index contributed by atoms with van der Waals surface area (Å²) >= 11 is 17.1. The Labute approximate surface area is 519 Å². The zero-order chi connectivity index (χ0) is 60.1. The van der Waals surface area contributed by atoms with E-state index in [1.807, 2.05) is 184 Å². The molecule has 0 heterocycles. The molecule has 0 aliphatic rings. The number of carbonyl (C=O) groups excluding carboxylic acids is 3. The summed E-state index contributed by atoms with van der Waals surface area (Å²) in [5.41, 5.74) is 1.53. The second-order valence-corrected chi connectivity index (χ2v) is 25.1. The summed E-state index contributed by atoms with van der Waals surface area (Å²) in [4.78, 5) is 34.6. The lowest BCUT2D eigenvalue weighted by Gasteiger charge is -2.21. The van der Waals surface area contributed by atoms with Crippen molar-refractivity contribution < 1.29 is 52.6 Å². The molecule has 0 aromatic heterocycles. The van der Waals surface area contributed by atoms with Crippen LogP contribution in [0, 0.1) is 24.9 Å². The monoisotopic (exact) mass is 1370 g/mol. The van der Waals surface area contributed by atoms with Crippen LogP contribution < -0.4 is 23.7 Å². The Kier molecular flexibility index (Phi) is 31.4. The minimum atomic E-state index is -0.466. The molecular formula is C66H82Cl2I2O11. The number of benzene rings is 6. The van der Waals surface area contributed by atoms with Gasteiger partial charge in [-0.15, -0.1) is 0 Å². The predicted molar refractivity (Wildman–Crippen MR) is 344 cm³/mol. The SMILES string of the molecule is CCCc1ccc(Oc2ccc(OC[C@H](C)CC(=O)OC(C)(C)C)cc2)c(Cl)c1.CCCc1ccc(Oc2ccc(OC[C@H](C)CC(C)=O)cc2)c(Cl)c1.C[C@@H](COc1ccc(I)cc1)CC(=O)OC(C)(C)C.Oc1ccc(I)cc1. The van der Waals surface area contributed by atoms with E-state index in [9.17, 15) is 14.4 Å². The highest BCUT2D eigenvalue weighted by atomic mass is 127. The van der Waals surface area contributed by atoms with Crippen LogP contribution >= 0.6 is 68.4 Å². The van der Waals surface area contributed by atoms with Crippen LogP contribution in [-0.2, 0) is 36.7 Å². The fourth-order valence-corrected chi connectivity index (χ4v) is 8.50. The number of esters is 2.